The average molecular weight is 394 g/mol. The number of hydrogen-bond donors (Lipinski definition) is 2. The van der Waals surface area contributed by atoms with Crippen molar-refractivity contribution >= 4 is 12.0 Å². The van der Waals surface area contributed by atoms with Crippen molar-refractivity contribution in [3.8, 4) is 17.2 Å². The van der Waals surface area contributed by atoms with Crippen molar-refractivity contribution in [2.24, 2.45) is 5.92 Å². The summed E-state index contributed by atoms with van der Waals surface area (Å²) in [4.78, 5) is 24.9. The third-order valence-corrected chi connectivity index (χ3v) is 4.79. The van der Waals surface area contributed by atoms with Crippen molar-refractivity contribution in [3.63, 3.8) is 0 Å². The molecule has 0 aliphatic carbocycles. The molecule has 2 N–H and O–H groups in total. The van der Waals surface area contributed by atoms with Crippen LogP contribution in [0, 0.1) is 5.92 Å². The van der Waals surface area contributed by atoms with Crippen LogP contribution in [0.25, 0.3) is 0 Å². The molecule has 8 nitrogen and oxygen atoms in total. The molecule has 0 saturated carbocycles. The Kier molecular flexibility index (Phi) is 8.22. The average Bonchev–Trinajstić information content (AvgIpc) is 2.71. The van der Waals surface area contributed by atoms with Gasteiger partial charge in [-0.25, -0.2) is 4.79 Å². The predicted octanol–water partition coefficient (Wildman–Crippen LogP) is 2.54. The lowest BCUT2D eigenvalue weighted by Gasteiger charge is -2.30. The number of hydrogen-bond acceptors (Lipinski definition) is 5. The van der Waals surface area contributed by atoms with Crippen molar-refractivity contribution < 1.29 is 28.9 Å². The van der Waals surface area contributed by atoms with Crippen molar-refractivity contribution in [1.82, 2.24) is 10.2 Å². The van der Waals surface area contributed by atoms with E-state index < -0.39 is 5.97 Å². The van der Waals surface area contributed by atoms with Gasteiger partial charge in [0.1, 0.15) is 0 Å². The topological polar surface area (TPSA) is 97.3 Å². The SMILES string of the molecule is CCCOc1c(OC)cc(CCNC(=O)N2CCC(C(=O)O)CC2)cc1OC. The fourth-order valence-electron chi connectivity index (χ4n) is 3.18. The monoisotopic (exact) mass is 394 g/mol. The van der Waals surface area contributed by atoms with E-state index in [2.05, 4.69) is 5.32 Å². The van der Waals surface area contributed by atoms with Gasteiger partial charge in [0.15, 0.2) is 11.5 Å². The van der Waals surface area contributed by atoms with Gasteiger partial charge in [-0.05, 0) is 43.4 Å². The molecule has 0 unspecified atom stereocenters. The highest BCUT2D eigenvalue weighted by Crippen LogP contribution is 2.38. The first-order chi connectivity index (χ1) is 13.5. The van der Waals surface area contributed by atoms with Crippen LogP contribution in [-0.4, -0.2) is 62.5 Å². The van der Waals surface area contributed by atoms with Gasteiger partial charge in [0.05, 0.1) is 26.7 Å². The Labute approximate surface area is 165 Å². The van der Waals surface area contributed by atoms with Gasteiger partial charge in [-0.15, -0.1) is 0 Å². The molecule has 0 radical (unpaired) electrons. The molecule has 1 aromatic carbocycles. The molecule has 1 aromatic rings. The third-order valence-electron chi connectivity index (χ3n) is 4.79. The highest BCUT2D eigenvalue weighted by molar-refractivity contribution is 5.75. The number of carbonyl (C=O) groups is 2. The van der Waals surface area contributed by atoms with Gasteiger partial charge in [-0.1, -0.05) is 6.92 Å². The summed E-state index contributed by atoms with van der Waals surface area (Å²) in [6.07, 6.45) is 2.48. The van der Waals surface area contributed by atoms with E-state index in [1.807, 2.05) is 19.1 Å². The Morgan fingerprint density at radius 1 is 1.18 bits per heavy atom. The van der Waals surface area contributed by atoms with Gasteiger partial charge in [0, 0.05) is 19.6 Å². The van der Waals surface area contributed by atoms with Gasteiger partial charge in [-0.3, -0.25) is 4.79 Å². The van der Waals surface area contributed by atoms with Crippen molar-refractivity contribution in [1.29, 1.82) is 0 Å². The minimum Gasteiger partial charge on any atom is -0.493 e. The van der Waals surface area contributed by atoms with Crippen molar-refractivity contribution in [2.75, 3.05) is 40.5 Å². The molecule has 28 heavy (non-hydrogen) atoms. The molecular weight excluding hydrogens is 364 g/mol. The van der Waals surface area contributed by atoms with Crippen molar-refractivity contribution in [3.05, 3.63) is 17.7 Å². The number of carboxylic acid groups (broad SMARTS) is 1. The zero-order valence-corrected chi connectivity index (χ0v) is 16.8. The number of carboxylic acids is 1. The van der Waals surface area contributed by atoms with Crippen LogP contribution in [0.15, 0.2) is 12.1 Å². The number of piperidine rings is 1. The second kappa shape index (κ2) is 10.6. The van der Waals surface area contributed by atoms with Crippen LogP contribution in [0.2, 0.25) is 0 Å². The van der Waals surface area contributed by atoms with Crippen LogP contribution in [0.5, 0.6) is 17.2 Å². The summed E-state index contributed by atoms with van der Waals surface area (Å²) < 4.78 is 16.6. The molecule has 0 atom stereocenters. The second-order valence-corrected chi connectivity index (χ2v) is 6.76. The second-order valence-electron chi connectivity index (χ2n) is 6.76. The molecule has 156 valence electrons. The number of carbonyl (C=O) groups excluding carboxylic acids is 1. The molecule has 1 aliphatic heterocycles. The lowest BCUT2D eigenvalue weighted by molar-refractivity contribution is -0.143. The predicted molar refractivity (Wildman–Crippen MR) is 104 cm³/mol. The van der Waals surface area contributed by atoms with Gasteiger partial charge in [-0.2, -0.15) is 0 Å². The maximum atomic E-state index is 12.3. The number of nitrogens with one attached hydrogen (secondary N) is 1. The quantitative estimate of drug-likeness (QED) is 0.668. The van der Waals surface area contributed by atoms with Crippen LogP contribution in [0.3, 0.4) is 0 Å². The number of urea groups is 1. The largest absolute Gasteiger partial charge is 0.493 e. The van der Waals surface area contributed by atoms with Crippen LogP contribution < -0.4 is 19.5 Å². The molecule has 0 bridgehead atoms. The Morgan fingerprint density at radius 2 is 1.79 bits per heavy atom. The molecule has 1 fully saturated rings. The number of rotatable bonds is 9. The summed E-state index contributed by atoms with van der Waals surface area (Å²) in [5.41, 5.74) is 0.961. The maximum absolute atomic E-state index is 12.3. The zero-order valence-electron chi connectivity index (χ0n) is 16.8. The first-order valence-electron chi connectivity index (χ1n) is 9.63. The third kappa shape index (κ3) is 5.68. The van der Waals surface area contributed by atoms with Crippen LogP contribution in [0.4, 0.5) is 4.79 Å². The molecule has 1 aliphatic rings. The van der Waals surface area contributed by atoms with Crippen molar-refractivity contribution in [2.45, 2.75) is 32.6 Å². The lowest BCUT2D eigenvalue weighted by atomic mass is 9.97. The molecule has 8 heteroatoms. The van der Waals surface area contributed by atoms with E-state index >= 15 is 0 Å². The number of likely N-dealkylation sites (tertiary alicyclic amines) is 1. The number of ether oxygens (including phenoxy) is 3. The summed E-state index contributed by atoms with van der Waals surface area (Å²) in [5, 5.41) is 11.9. The Morgan fingerprint density at radius 3 is 2.29 bits per heavy atom. The van der Waals surface area contributed by atoms with Gasteiger partial charge in [0.2, 0.25) is 5.75 Å². The highest BCUT2D eigenvalue weighted by Gasteiger charge is 2.26. The molecule has 1 saturated heterocycles. The maximum Gasteiger partial charge on any atom is 0.317 e. The fraction of sp³-hybridized carbons (Fsp3) is 0.600. The summed E-state index contributed by atoms with van der Waals surface area (Å²) in [6, 6.07) is 3.61. The minimum atomic E-state index is -0.783. The molecular formula is C20H30N2O6. The van der Waals surface area contributed by atoms with Crippen LogP contribution in [-0.2, 0) is 11.2 Å². The first-order valence-corrected chi connectivity index (χ1v) is 9.63. The highest BCUT2D eigenvalue weighted by atomic mass is 16.5. The van der Waals surface area contributed by atoms with Gasteiger partial charge in [0.25, 0.3) is 0 Å². The van der Waals surface area contributed by atoms with E-state index in [4.69, 9.17) is 19.3 Å². The summed E-state index contributed by atoms with van der Waals surface area (Å²) in [5.74, 6) is 0.655. The number of aliphatic carboxylic acids is 1. The first kappa shape index (κ1) is 21.7. The molecule has 0 aromatic heterocycles. The summed E-state index contributed by atoms with van der Waals surface area (Å²) >= 11 is 0. The number of methoxy groups -OCH3 is 2. The smallest absolute Gasteiger partial charge is 0.317 e. The van der Waals surface area contributed by atoms with Gasteiger partial charge >= 0.3 is 12.0 Å². The Balaban J connectivity index is 1.90. The number of nitrogens with zero attached hydrogens (tertiary/aromatic N) is 1. The normalized spacial score (nSPS) is 14.5. The molecule has 2 rings (SSSR count). The number of amides is 2. The standard InChI is InChI=1S/C20H30N2O6/c1-4-11-28-18-16(26-2)12-14(13-17(18)27-3)5-8-21-20(25)22-9-6-15(7-10-22)19(23)24/h12-13,15H,4-11H2,1-3H3,(H,21,25)(H,23,24). The van der Waals surface area contributed by atoms with E-state index in [1.165, 1.54) is 0 Å². The fourth-order valence-corrected chi connectivity index (χ4v) is 3.18. The molecule has 0 spiro atoms. The molecule has 2 amide bonds. The van der Waals surface area contributed by atoms with Gasteiger partial charge < -0.3 is 29.5 Å². The Bertz CT molecular complexity index is 646. The van der Waals surface area contributed by atoms with Crippen LogP contribution in [0.1, 0.15) is 31.7 Å². The lowest BCUT2D eigenvalue weighted by Crippen LogP contribution is -2.45. The number of benzene rings is 1. The Hall–Kier alpha value is -2.64. The molecule has 1 heterocycles. The van der Waals surface area contributed by atoms with E-state index in [0.29, 0.717) is 62.8 Å². The van der Waals surface area contributed by atoms with E-state index in [-0.39, 0.29) is 11.9 Å². The van der Waals surface area contributed by atoms with E-state index in [0.717, 1.165) is 12.0 Å². The zero-order chi connectivity index (χ0) is 20.5. The summed E-state index contributed by atoms with van der Waals surface area (Å²) in [7, 11) is 3.17. The summed E-state index contributed by atoms with van der Waals surface area (Å²) in [6.45, 7) is 3.99. The minimum absolute atomic E-state index is 0.161. The van der Waals surface area contributed by atoms with E-state index in [9.17, 15) is 9.59 Å². The van der Waals surface area contributed by atoms with E-state index in [1.54, 1.807) is 19.1 Å². The van der Waals surface area contributed by atoms with Crippen LogP contribution >= 0.6 is 0 Å².